The minimum Gasteiger partial charge on any atom is -0.484 e. The quantitative estimate of drug-likeness (QED) is 0.518. The van der Waals surface area contributed by atoms with Crippen LogP contribution in [-0.4, -0.2) is 36.4 Å². The van der Waals surface area contributed by atoms with Gasteiger partial charge in [-0.2, -0.15) is 0 Å². The predicted molar refractivity (Wildman–Crippen MR) is 134 cm³/mol. The number of carbonyl (C=O) groups excluding carboxylic acids is 2. The summed E-state index contributed by atoms with van der Waals surface area (Å²) in [6, 6.07) is 25.2. The number of fused-ring (bicyclic) bond motifs is 1. The number of hydrogen-bond donors (Lipinski definition) is 1. The molecule has 0 fully saturated rings. The van der Waals surface area contributed by atoms with Gasteiger partial charge in [0.05, 0.1) is 6.04 Å². The fourth-order valence-corrected chi connectivity index (χ4v) is 4.34. The average Bonchev–Trinajstić information content (AvgIpc) is 2.87. The topological polar surface area (TPSA) is 58.6 Å². The first-order chi connectivity index (χ1) is 16.5. The number of hydrogen-bond acceptors (Lipinski definition) is 3. The lowest BCUT2D eigenvalue weighted by Crippen LogP contribution is -2.40. The summed E-state index contributed by atoms with van der Waals surface area (Å²) < 4.78 is 5.84. The van der Waals surface area contributed by atoms with Crippen molar-refractivity contribution in [1.82, 2.24) is 10.2 Å². The number of benzene rings is 3. The predicted octanol–water partition coefficient (Wildman–Crippen LogP) is 5.02. The van der Waals surface area contributed by atoms with Gasteiger partial charge in [-0.25, -0.2) is 0 Å². The van der Waals surface area contributed by atoms with Crippen LogP contribution in [0.3, 0.4) is 0 Å². The summed E-state index contributed by atoms with van der Waals surface area (Å²) in [5, 5.41) is 2.90. The van der Waals surface area contributed by atoms with Crippen molar-refractivity contribution < 1.29 is 14.3 Å². The molecule has 4 rings (SSSR count). The summed E-state index contributed by atoms with van der Waals surface area (Å²) in [5.74, 6) is 1.06. The van der Waals surface area contributed by atoms with Gasteiger partial charge in [-0.3, -0.25) is 9.59 Å². The van der Waals surface area contributed by atoms with E-state index in [2.05, 4.69) is 37.4 Å². The van der Waals surface area contributed by atoms with Crippen molar-refractivity contribution in [1.29, 1.82) is 0 Å². The molecule has 34 heavy (non-hydrogen) atoms. The summed E-state index contributed by atoms with van der Waals surface area (Å²) in [6.07, 6.45) is 1.71. The first-order valence-electron chi connectivity index (χ1n) is 12.0. The van der Waals surface area contributed by atoms with Gasteiger partial charge in [-0.15, -0.1) is 0 Å². The van der Waals surface area contributed by atoms with E-state index in [0.29, 0.717) is 30.3 Å². The third-order valence-corrected chi connectivity index (χ3v) is 6.16. The summed E-state index contributed by atoms with van der Waals surface area (Å²) >= 11 is 0. The Bertz CT molecular complexity index is 1110. The standard InChI is InChI=1S/C29H32N2O3/c1-21(2)15-17-30-27(32)20-34-25-14-13-22-16-18-31(29(33)24-11-7-4-8-12-24)28(26(22)19-25)23-9-5-3-6-10-23/h3-14,19,21,28H,15-18,20H2,1-2H3,(H,30,32). The normalized spacial score (nSPS) is 15.0. The van der Waals surface area contributed by atoms with Crippen molar-refractivity contribution in [2.75, 3.05) is 19.7 Å². The molecule has 3 aromatic rings. The molecular weight excluding hydrogens is 424 g/mol. The zero-order valence-electron chi connectivity index (χ0n) is 19.9. The fourth-order valence-electron chi connectivity index (χ4n) is 4.34. The monoisotopic (exact) mass is 456 g/mol. The molecule has 1 unspecified atom stereocenters. The maximum absolute atomic E-state index is 13.5. The van der Waals surface area contributed by atoms with Crippen molar-refractivity contribution in [2.45, 2.75) is 32.7 Å². The molecule has 0 saturated heterocycles. The van der Waals surface area contributed by atoms with E-state index in [4.69, 9.17) is 4.74 Å². The van der Waals surface area contributed by atoms with E-state index in [0.717, 1.165) is 24.0 Å². The van der Waals surface area contributed by atoms with E-state index in [-0.39, 0.29) is 24.5 Å². The molecule has 2 amide bonds. The maximum atomic E-state index is 13.5. The Balaban J connectivity index is 1.58. The Kier molecular flexibility index (Phi) is 7.63. The van der Waals surface area contributed by atoms with Gasteiger partial charge in [-0.05, 0) is 59.7 Å². The van der Waals surface area contributed by atoms with Crippen LogP contribution in [0.15, 0.2) is 78.9 Å². The molecule has 0 saturated carbocycles. The summed E-state index contributed by atoms with van der Waals surface area (Å²) in [5.41, 5.74) is 3.97. The van der Waals surface area contributed by atoms with Gasteiger partial charge in [0, 0.05) is 18.7 Å². The van der Waals surface area contributed by atoms with Gasteiger partial charge < -0.3 is 15.0 Å². The fraction of sp³-hybridized carbons (Fsp3) is 0.310. The van der Waals surface area contributed by atoms with Crippen LogP contribution < -0.4 is 10.1 Å². The number of amides is 2. The lowest BCUT2D eigenvalue weighted by molar-refractivity contribution is -0.123. The van der Waals surface area contributed by atoms with Crippen LogP contribution in [0.2, 0.25) is 0 Å². The van der Waals surface area contributed by atoms with Crippen LogP contribution in [0.25, 0.3) is 0 Å². The third-order valence-electron chi connectivity index (χ3n) is 6.16. The molecule has 176 valence electrons. The van der Waals surface area contributed by atoms with E-state index in [1.54, 1.807) is 0 Å². The molecule has 0 bridgehead atoms. The van der Waals surface area contributed by atoms with E-state index in [1.807, 2.05) is 65.6 Å². The van der Waals surface area contributed by atoms with Crippen molar-refractivity contribution in [3.63, 3.8) is 0 Å². The highest BCUT2D eigenvalue weighted by atomic mass is 16.5. The summed E-state index contributed by atoms with van der Waals surface area (Å²) in [6.45, 7) is 5.52. The highest BCUT2D eigenvalue weighted by molar-refractivity contribution is 5.95. The van der Waals surface area contributed by atoms with E-state index >= 15 is 0 Å². The number of nitrogens with zero attached hydrogens (tertiary/aromatic N) is 1. The Labute approximate surface area is 201 Å². The average molecular weight is 457 g/mol. The molecule has 0 aromatic heterocycles. The van der Waals surface area contributed by atoms with Gasteiger partial charge in [0.1, 0.15) is 5.75 Å². The molecule has 0 radical (unpaired) electrons. The summed E-state index contributed by atoms with van der Waals surface area (Å²) in [7, 11) is 0. The highest BCUT2D eigenvalue weighted by Gasteiger charge is 2.32. The first-order valence-corrected chi connectivity index (χ1v) is 12.0. The van der Waals surface area contributed by atoms with Crippen LogP contribution in [-0.2, 0) is 11.2 Å². The zero-order chi connectivity index (χ0) is 23.9. The molecule has 1 heterocycles. The van der Waals surface area contributed by atoms with E-state index in [1.165, 1.54) is 5.56 Å². The SMILES string of the molecule is CC(C)CCNC(=O)COc1ccc2c(c1)C(c1ccccc1)N(C(=O)c1ccccc1)CC2. The molecule has 0 spiro atoms. The van der Waals surface area contributed by atoms with Crippen LogP contribution in [0.5, 0.6) is 5.75 Å². The largest absolute Gasteiger partial charge is 0.484 e. The second-order valence-electron chi connectivity index (χ2n) is 9.11. The second-order valence-corrected chi connectivity index (χ2v) is 9.11. The van der Waals surface area contributed by atoms with Crippen molar-refractivity contribution in [3.8, 4) is 5.75 Å². The van der Waals surface area contributed by atoms with E-state index in [9.17, 15) is 9.59 Å². The molecule has 1 atom stereocenters. The van der Waals surface area contributed by atoms with Crippen molar-refractivity contribution >= 4 is 11.8 Å². The van der Waals surface area contributed by atoms with E-state index < -0.39 is 0 Å². The first kappa shape index (κ1) is 23.6. The van der Waals surface area contributed by atoms with Crippen LogP contribution in [0.4, 0.5) is 0 Å². The van der Waals surface area contributed by atoms with Crippen LogP contribution >= 0.6 is 0 Å². The molecule has 1 aliphatic rings. The molecule has 3 aromatic carbocycles. The summed E-state index contributed by atoms with van der Waals surface area (Å²) in [4.78, 5) is 27.6. The molecule has 5 heteroatoms. The number of carbonyl (C=O) groups is 2. The molecular formula is C29H32N2O3. The smallest absolute Gasteiger partial charge is 0.257 e. The minimum absolute atomic E-state index is 0.0101. The Hall–Kier alpha value is -3.60. The Morgan fingerprint density at radius 1 is 1.00 bits per heavy atom. The van der Waals surface area contributed by atoms with Crippen molar-refractivity contribution in [3.05, 3.63) is 101 Å². The van der Waals surface area contributed by atoms with Gasteiger partial charge >= 0.3 is 0 Å². The van der Waals surface area contributed by atoms with Crippen LogP contribution in [0, 0.1) is 5.92 Å². The minimum atomic E-state index is -0.221. The zero-order valence-corrected chi connectivity index (χ0v) is 19.9. The Morgan fingerprint density at radius 3 is 2.41 bits per heavy atom. The van der Waals surface area contributed by atoms with Crippen LogP contribution in [0.1, 0.15) is 53.4 Å². The molecule has 1 aliphatic heterocycles. The number of rotatable bonds is 8. The lowest BCUT2D eigenvalue weighted by atomic mass is 9.87. The van der Waals surface area contributed by atoms with Gasteiger partial charge in [-0.1, -0.05) is 68.4 Å². The molecule has 0 aliphatic carbocycles. The molecule has 1 N–H and O–H groups in total. The second kappa shape index (κ2) is 11.0. The van der Waals surface area contributed by atoms with Gasteiger partial charge in [0.2, 0.25) is 0 Å². The molecule has 5 nitrogen and oxygen atoms in total. The van der Waals surface area contributed by atoms with Crippen molar-refractivity contribution in [2.24, 2.45) is 5.92 Å². The Morgan fingerprint density at radius 2 is 1.71 bits per heavy atom. The number of nitrogens with one attached hydrogen (secondary N) is 1. The van der Waals surface area contributed by atoms with Gasteiger partial charge in [0.25, 0.3) is 11.8 Å². The maximum Gasteiger partial charge on any atom is 0.257 e. The third kappa shape index (κ3) is 5.66. The highest BCUT2D eigenvalue weighted by Crippen LogP contribution is 2.37. The number of ether oxygens (including phenoxy) is 1. The van der Waals surface area contributed by atoms with Gasteiger partial charge in [0.15, 0.2) is 6.61 Å². The lowest BCUT2D eigenvalue weighted by Gasteiger charge is -2.38.